The minimum atomic E-state index is -0.488. The molecule has 4 rings (SSSR count). The summed E-state index contributed by atoms with van der Waals surface area (Å²) in [6.45, 7) is 6.70. The van der Waals surface area contributed by atoms with E-state index in [1.807, 2.05) is 18.2 Å². The Kier molecular flexibility index (Phi) is 2.98. The molecule has 4 heteroatoms. The normalized spacial score (nSPS) is 16.5. The summed E-state index contributed by atoms with van der Waals surface area (Å²) >= 11 is 0. The van der Waals surface area contributed by atoms with Crippen LogP contribution in [0.2, 0.25) is 0 Å². The highest BCUT2D eigenvalue weighted by Crippen LogP contribution is 2.45. The molecule has 2 heterocycles. The van der Waals surface area contributed by atoms with Crippen LogP contribution in [0.25, 0.3) is 17.2 Å². The highest BCUT2D eigenvalue weighted by molar-refractivity contribution is 5.86. The molecule has 2 aromatic carbocycles. The van der Waals surface area contributed by atoms with Gasteiger partial charge in [0.25, 0.3) is 0 Å². The lowest BCUT2D eigenvalue weighted by Gasteiger charge is -2.35. The number of benzene rings is 2. The van der Waals surface area contributed by atoms with Crippen molar-refractivity contribution in [1.82, 2.24) is 0 Å². The third kappa shape index (κ3) is 2.01. The van der Waals surface area contributed by atoms with Crippen LogP contribution in [0.15, 0.2) is 29.8 Å². The Bertz CT molecular complexity index is 951. The Morgan fingerprint density at radius 1 is 1.25 bits per heavy atom. The van der Waals surface area contributed by atoms with Crippen LogP contribution in [0.1, 0.15) is 37.5 Å². The average Bonchev–Trinajstić information content (AvgIpc) is 2.55. The van der Waals surface area contributed by atoms with Crippen LogP contribution in [-0.4, -0.2) is 5.54 Å². The van der Waals surface area contributed by atoms with Gasteiger partial charge in [-0.05, 0) is 50.1 Å². The lowest BCUT2D eigenvalue weighted by atomic mass is 9.84. The maximum absolute atomic E-state index is 14.2. The summed E-state index contributed by atoms with van der Waals surface area (Å²) in [7, 11) is 0. The van der Waals surface area contributed by atoms with Crippen molar-refractivity contribution >= 4 is 11.8 Å². The molecule has 3 nitrogen and oxygen atoms in total. The molecule has 2 aliphatic heterocycles. The van der Waals surface area contributed by atoms with E-state index in [1.165, 1.54) is 11.6 Å². The van der Waals surface area contributed by atoms with E-state index in [0.29, 0.717) is 17.7 Å². The zero-order valence-electron chi connectivity index (χ0n) is 13.8. The first-order valence-corrected chi connectivity index (χ1v) is 7.90. The molecule has 0 fully saturated rings. The van der Waals surface area contributed by atoms with Gasteiger partial charge in [0.1, 0.15) is 6.61 Å². The van der Waals surface area contributed by atoms with E-state index < -0.39 is 5.82 Å². The summed E-state index contributed by atoms with van der Waals surface area (Å²) in [4.78, 5) is 0. The predicted octanol–water partition coefficient (Wildman–Crippen LogP) is 4.86. The second-order valence-electron chi connectivity index (χ2n) is 6.87. The molecule has 0 saturated heterocycles. The van der Waals surface area contributed by atoms with Gasteiger partial charge in [-0.2, -0.15) is 5.26 Å². The monoisotopic (exact) mass is 320 g/mol. The van der Waals surface area contributed by atoms with Gasteiger partial charge in [0.15, 0.2) is 11.6 Å². The van der Waals surface area contributed by atoms with Crippen LogP contribution in [0, 0.1) is 17.1 Å². The molecule has 120 valence electrons. The van der Waals surface area contributed by atoms with Crippen LogP contribution in [-0.2, 0) is 6.61 Å². The van der Waals surface area contributed by atoms with E-state index in [1.54, 1.807) is 6.07 Å². The predicted molar refractivity (Wildman–Crippen MR) is 92.2 cm³/mol. The van der Waals surface area contributed by atoms with E-state index in [4.69, 9.17) is 10.00 Å². The van der Waals surface area contributed by atoms with E-state index in [2.05, 4.69) is 32.2 Å². The molecule has 1 N–H and O–H groups in total. The van der Waals surface area contributed by atoms with E-state index in [0.717, 1.165) is 22.4 Å². The van der Waals surface area contributed by atoms with Crippen LogP contribution < -0.4 is 10.1 Å². The first kappa shape index (κ1) is 14.8. The molecule has 0 aliphatic carbocycles. The first-order valence-electron chi connectivity index (χ1n) is 7.90. The maximum Gasteiger partial charge on any atom is 0.167 e. The third-order valence-corrected chi connectivity index (χ3v) is 4.97. The molecule has 24 heavy (non-hydrogen) atoms. The van der Waals surface area contributed by atoms with Gasteiger partial charge < -0.3 is 10.1 Å². The van der Waals surface area contributed by atoms with Crippen molar-refractivity contribution in [2.24, 2.45) is 0 Å². The lowest BCUT2D eigenvalue weighted by Crippen LogP contribution is -2.35. The number of hydrogen-bond acceptors (Lipinski definition) is 3. The molecule has 0 unspecified atom stereocenters. The van der Waals surface area contributed by atoms with Crippen LogP contribution in [0.5, 0.6) is 5.75 Å². The number of halogens is 1. The summed E-state index contributed by atoms with van der Waals surface area (Å²) in [6.07, 6.45) is 2.17. The topological polar surface area (TPSA) is 45.0 Å². The van der Waals surface area contributed by atoms with E-state index >= 15 is 0 Å². The highest BCUT2D eigenvalue weighted by Gasteiger charge is 2.30. The summed E-state index contributed by atoms with van der Waals surface area (Å²) in [6, 6.07) is 8.92. The first-order chi connectivity index (χ1) is 11.4. The van der Waals surface area contributed by atoms with Gasteiger partial charge in [-0.25, -0.2) is 4.39 Å². The highest BCUT2D eigenvalue weighted by atomic mass is 19.1. The van der Waals surface area contributed by atoms with Gasteiger partial charge in [-0.15, -0.1) is 0 Å². The van der Waals surface area contributed by atoms with Crippen molar-refractivity contribution in [2.75, 3.05) is 5.32 Å². The van der Waals surface area contributed by atoms with Crippen LogP contribution in [0.3, 0.4) is 0 Å². The molecule has 0 atom stereocenters. The quantitative estimate of drug-likeness (QED) is 0.753. The number of fused-ring (bicyclic) bond motifs is 5. The largest absolute Gasteiger partial charge is 0.485 e. The SMILES string of the molecule is CC1=Cc2c(ccc3c2COc2c(F)cc(C#N)cc2-3)NC1(C)C. The molecular formula is C20H17FN2O. The van der Waals surface area contributed by atoms with Crippen molar-refractivity contribution in [1.29, 1.82) is 5.26 Å². The minimum Gasteiger partial charge on any atom is -0.485 e. The average molecular weight is 320 g/mol. The molecule has 2 aromatic rings. The summed E-state index contributed by atoms with van der Waals surface area (Å²) < 4.78 is 19.9. The molecule has 0 bridgehead atoms. The standard InChI is InChI=1S/C20H17FN2O/c1-11-6-14-16-10-24-19-15(7-12(9-22)8-17(19)21)13(16)4-5-18(14)23-20(11,2)3/h4-8,23H,10H2,1-3H3. The van der Waals surface area contributed by atoms with Crippen LogP contribution in [0.4, 0.5) is 10.1 Å². The molecule has 2 aliphatic rings. The Labute approximate surface area is 140 Å². The molecule has 0 radical (unpaired) electrons. The molecular weight excluding hydrogens is 303 g/mol. The molecule has 0 aromatic heterocycles. The summed E-state index contributed by atoms with van der Waals surface area (Å²) in [5, 5.41) is 12.7. The number of hydrogen-bond donors (Lipinski definition) is 1. The van der Waals surface area contributed by atoms with Gasteiger partial charge in [-0.1, -0.05) is 12.1 Å². The second kappa shape index (κ2) is 4.85. The van der Waals surface area contributed by atoms with Gasteiger partial charge in [0.05, 0.1) is 17.2 Å². The lowest BCUT2D eigenvalue weighted by molar-refractivity contribution is 0.286. The van der Waals surface area contributed by atoms with Gasteiger partial charge in [-0.3, -0.25) is 0 Å². The maximum atomic E-state index is 14.2. The van der Waals surface area contributed by atoms with Crippen molar-refractivity contribution in [3.05, 3.63) is 52.3 Å². The number of anilines is 1. The third-order valence-electron chi connectivity index (χ3n) is 4.97. The Morgan fingerprint density at radius 2 is 2.04 bits per heavy atom. The van der Waals surface area contributed by atoms with E-state index in [9.17, 15) is 4.39 Å². The number of nitrogens with zero attached hydrogens (tertiary/aromatic N) is 1. The molecule has 0 spiro atoms. The van der Waals surface area contributed by atoms with Crippen molar-refractivity contribution in [3.63, 3.8) is 0 Å². The fourth-order valence-corrected chi connectivity index (χ4v) is 3.33. The van der Waals surface area contributed by atoms with E-state index in [-0.39, 0.29) is 11.3 Å². The zero-order valence-corrected chi connectivity index (χ0v) is 13.8. The van der Waals surface area contributed by atoms with Crippen molar-refractivity contribution in [3.8, 4) is 22.9 Å². The smallest absolute Gasteiger partial charge is 0.167 e. The van der Waals surface area contributed by atoms with Crippen LogP contribution >= 0.6 is 0 Å². The Balaban J connectivity index is 1.96. The zero-order chi connectivity index (χ0) is 17.1. The molecule has 0 amide bonds. The van der Waals surface area contributed by atoms with Gasteiger partial charge in [0, 0.05) is 22.4 Å². The Morgan fingerprint density at radius 3 is 2.79 bits per heavy atom. The van der Waals surface area contributed by atoms with Gasteiger partial charge >= 0.3 is 0 Å². The number of ether oxygens (including phenoxy) is 1. The van der Waals surface area contributed by atoms with Crippen molar-refractivity contribution < 1.29 is 9.13 Å². The number of rotatable bonds is 0. The fourth-order valence-electron chi connectivity index (χ4n) is 3.33. The summed E-state index contributed by atoms with van der Waals surface area (Å²) in [5.41, 5.74) is 6.15. The van der Waals surface area contributed by atoms with Gasteiger partial charge in [0.2, 0.25) is 0 Å². The second-order valence-corrected chi connectivity index (χ2v) is 6.87. The Hall–Kier alpha value is -2.80. The van der Waals surface area contributed by atoms with Crippen molar-refractivity contribution in [2.45, 2.75) is 32.9 Å². The summed E-state index contributed by atoms with van der Waals surface area (Å²) in [5.74, 6) is -0.260. The fraction of sp³-hybridized carbons (Fsp3) is 0.250. The number of nitrogens with one attached hydrogen (secondary N) is 1. The minimum absolute atomic E-state index is 0.102. The molecule has 0 saturated carbocycles. The number of nitriles is 1.